The Hall–Kier alpha value is -1.47. The van der Waals surface area contributed by atoms with Crippen LogP contribution >= 0.6 is 0 Å². The van der Waals surface area contributed by atoms with Gasteiger partial charge >= 0.3 is 0 Å². The molecule has 7 nitrogen and oxygen atoms in total. The molecule has 0 heterocycles. The number of unbranched alkanes of at least 4 members (excludes halogenated alkanes) is 1. The minimum Gasteiger partial charge on any atom is -0.347 e. The lowest BCUT2D eigenvalue weighted by Gasteiger charge is -2.18. The minimum atomic E-state index is -0.618. The Bertz CT molecular complexity index is 349. The van der Waals surface area contributed by atoms with Crippen molar-refractivity contribution in [1.29, 1.82) is 0 Å². The summed E-state index contributed by atoms with van der Waals surface area (Å²) in [5, 5.41) is 8.08. The van der Waals surface area contributed by atoms with E-state index in [0.717, 1.165) is 12.8 Å². The first kappa shape index (κ1) is 34.1. The molecule has 0 aliphatic carbocycles. The van der Waals surface area contributed by atoms with Gasteiger partial charge in [0, 0.05) is 0 Å². The molecular formula is C21H48N4O3. The molecule has 0 saturated heterocycles. The van der Waals surface area contributed by atoms with Crippen molar-refractivity contribution >= 4 is 17.6 Å². The maximum atomic E-state index is 11.9. The molecule has 0 aromatic rings. The average molecular weight is 405 g/mol. The van der Waals surface area contributed by atoms with E-state index in [9.17, 15) is 14.4 Å². The quantitative estimate of drug-likeness (QED) is 0.395. The fourth-order valence-electron chi connectivity index (χ4n) is 1.58. The van der Waals surface area contributed by atoms with Crippen LogP contribution in [0.1, 0.15) is 87.5 Å². The van der Waals surface area contributed by atoms with Gasteiger partial charge in [0.2, 0.25) is 11.8 Å². The lowest BCUT2D eigenvalue weighted by molar-refractivity contribution is -0.129. The summed E-state index contributed by atoms with van der Waals surface area (Å²) in [5.74, 6) is -0.692. The molecule has 1 atom stereocenters. The Morgan fingerprint density at radius 3 is 1.79 bits per heavy atom. The number of hydrogen-bond acceptors (Lipinski definition) is 5. The molecule has 0 aliphatic rings. The third-order valence-corrected chi connectivity index (χ3v) is 2.65. The van der Waals surface area contributed by atoms with Crippen molar-refractivity contribution in [1.82, 2.24) is 16.0 Å². The van der Waals surface area contributed by atoms with Crippen LogP contribution in [0.3, 0.4) is 0 Å². The van der Waals surface area contributed by atoms with E-state index in [0.29, 0.717) is 19.5 Å². The van der Waals surface area contributed by atoms with Crippen molar-refractivity contribution in [3.8, 4) is 0 Å². The van der Waals surface area contributed by atoms with Gasteiger partial charge in [-0.2, -0.15) is 0 Å². The zero-order chi connectivity index (χ0) is 22.8. The largest absolute Gasteiger partial charge is 0.347 e. The molecule has 0 aromatic heterocycles. The maximum absolute atomic E-state index is 11.9. The van der Waals surface area contributed by atoms with Crippen LogP contribution < -0.4 is 21.7 Å². The average Bonchev–Trinajstić information content (AvgIpc) is 2.66. The molecule has 0 spiro atoms. The summed E-state index contributed by atoms with van der Waals surface area (Å²) in [6.45, 7) is 17.2. The Labute approximate surface area is 174 Å². The number of nitrogens with one attached hydrogen (secondary N) is 3. The van der Waals surface area contributed by atoms with Crippen molar-refractivity contribution in [3.05, 3.63) is 0 Å². The molecule has 0 saturated carbocycles. The number of likely N-dealkylation sites (N-methyl/N-ethyl adjacent to an activating group) is 1. The van der Waals surface area contributed by atoms with E-state index in [2.05, 4.69) is 43.6 Å². The molecular weight excluding hydrogens is 356 g/mol. The number of carbonyl (C=O) groups is 3. The lowest BCUT2D eigenvalue weighted by Crippen LogP contribution is -2.49. The Balaban J connectivity index is -0.000000309. The van der Waals surface area contributed by atoms with E-state index in [4.69, 9.17) is 5.73 Å². The normalized spacial score (nSPS) is 9.89. The Morgan fingerprint density at radius 1 is 0.893 bits per heavy atom. The monoisotopic (exact) mass is 404 g/mol. The van der Waals surface area contributed by atoms with Crippen molar-refractivity contribution < 1.29 is 14.4 Å². The Kier molecular flexibility index (Phi) is 36.8. The summed E-state index contributed by atoms with van der Waals surface area (Å²) in [5.41, 5.74) is 5.41. The molecule has 7 heteroatoms. The van der Waals surface area contributed by atoms with E-state index in [1.54, 1.807) is 0 Å². The van der Waals surface area contributed by atoms with Crippen LogP contribution in [0.25, 0.3) is 0 Å². The van der Waals surface area contributed by atoms with Crippen molar-refractivity contribution in [2.75, 3.05) is 26.2 Å². The lowest BCUT2D eigenvalue weighted by atomic mass is 10.1. The SMILES string of the molecule is CC.CCC.CCC.CCNCC(=O)NC(CCCCN)C(=O)NCC(C)=O. The third-order valence-electron chi connectivity index (χ3n) is 2.65. The van der Waals surface area contributed by atoms with Crippen LogP contribution in [0.2, 0.25) is 0 Å². The molecule has 0 bridgehead atoms. The van der Waals surface area contributed by atoms with Crippen molar-refractivity contribution in [2.24, 2.45) is 5.73 Å². The number of amides is 2. The smallest absolute Gasteiger partial charge is 0.242 e. The summed E-state index contributed by atoms with van der Waals surface area (Å²) in [6, 6.07) is -0.618. The summed E-state index contributed by atoms with van der Waals surface area (Å²) in [6.07, 6.45) is 4.55. The van der Waals surface area contributed by atoms with Gasteiger partial charge in [-0.25, -0.2) is 0 Å². The van der Waals surface area contributed by atoms with Crippen LogP contribution in [0.4, 0.5) is 0 Å². The highest BCUT2D eigenvalue weighted by atomic mass is 16.2. The molecule has 170 valence electrons. The van der Waals surface area contributed by atoms with Gasteiger partial charge in [0.25, 0.3) is 0 Å². The number of nitrogens with two attached hydrogens (primary N) is 1. The number of rotatable bonds is 11. The van der Waals surface area contributed by atoms with Crippen LogP contribution in [0.5, 0.6) is 0 Å². The third kappa shape index (κ3) is 32.2. The summed E-state index contributed by atoms with van der Waals surface area (Å²) in [7, 11) is 0. The molecule has 28 heavy (non-hydrogen) atoms. The molecule has 0 rings (SSSR count). The molecule has 0 fully saturated rings. The Morgan fingerprint density at radius 2 is 1.39 bits per heavy atom. The topological polar surface area (TPSA) is 113 Å². The van der Waals surface area contributed by atoms with Gasteiger partial charge in [0.1, 0.15) is 11.8 Å². The van der Waals surface area contributed by atoms with Crippen molar-refractivity contribution in [3.63, 3.8) is 0 Å². The van der Waals surface area contributed by atoms with E-state index in [1.165, 1.54) is 19.8 Å². The van der Waals surface area contributed by atoms with E-state index < -0.39 is 6.04 Å². The fraction of sp³-hybridized carbons (Fsp3) is 0.857. The number of carbonyl (C=O) groups excluding carboxylic acids is 3. The van der Waals surface area contributed by atoms with Crippen LogP contribution in [-0.2, 0) is 14.4 Å². The maximum Gasteiger partial charge on any atom is 0.242 e. The highest BCUT2D eigenvalue weighted by Gasteiger charge is 2.20. The van der Waals surface area contributed by atoms with Gasteiger partial charge < -0.3 is 21.7 Å². The van der Waals surface area contributed by atoms with Gasteiger partial charge in [0.15, 0.2) is 0 Å². The first-order chi connectivity index (χ1) is 13.3. The van der Waals surface area contributed by atoms with Gasteiger partial charge in [-0.1, -0.05) is 61.3 Å². The van der Waals surface area contributed by atoms with E-state index in [-0.39, 0.29) is 30.7 Å². The van der Waals surface area contributed by atoms with E-state index >= 15 is 0 Å². The van der Waals surface area contributed by atoms with Gasteiger partial charge in [-0.3, -0.25) is 14.4 Å². The second-order valence-electron chi connectivity index (χ2n) is 6.02. The summed E-state index contributed by atoms with van der Waals surface area (Å²) >= 11 is 0. The molecule has 0 aromatic carbocycles. The fourth-order valence-corrected chi connectivity index (χ4v) is 1.58. The summed E-state index contributed by atoms with van der Waals surface area (Å²) in [4.78, 5) is 34.4. The number of hydrogen-bond donors (Lipinski definition) is 4. The highest BCUT2D eigenvalue weighted by Crippen LogP contribution is 2.01. The van der Waals surface area contributed by atoms with Crippen LogP contribution in [-0.4, -0.2) is 49.8 Å². The first-order valence-electron chi connectivity index (χ1n) is 10.8. The molecule has 0 radical (unpaired) electrons. The number of ketones is 1. The molecule has 2 amide bonds. The second-order valence-corrected chi connectivity index (χ2v) is 6.02. The first-order valence-corrected chi connectivity index (χ1v) is 10.8. The zero-order valence-electron chi connectivity index (χ0n) is 19.7. The minimum absolute atomic E-state index is 0.0185. The van der Waals surface area contributed by atoms with E-state index in [1.807, 2.05) is 20.8 Å². The van der Waals surface area contributed by atoms with Crippen LogP contribution in [0.15, 0.2) is 0 Å². The van der Waals surface area contributed by atoms with Gasteiger partial charge in [0.05, 0.1) is 13.1 Å². The standard InChI is InChI=1S/C13H26N4O3.2C3H8.C2H6/c1-3-15-9-12(19)17-11(6-4-5-7-14)13(20)16-8-10(2)18;2*1-3-2;1-2/h11,15H,3-9,14H2,1-2H3,(H,16,20)(H,17,19);2*3H2,1-2H3;1-2H3. The highest BCUT2D eigenvalue weighted by molar-refractivity contribution is 5.90. The number of Topliss-reactive ketones (excluding diaryl/α,β-unsaturated/α-hetero) is 1. The molecule has 1 unspecified atom stereocenters. The van der Waals surface area contributed by atoms with Gasteiger partial charge in [-0.15, -0.1) is 0 Å². The predicted molar refractivity (Wildman–Crippen MR) is 120 cm³/mol. The molecule has 5 N–H and O–H groups in total. The van der Waals surface area contributed by atoms with Gasteiger partial charge in [-0.05, 0) is 39.3 Å². The zero-order valence-corrected chi connectivity index (χ0v) is 19.7. The van der Waals surface area contributed by atoms with Crippen molar-refractivity contribution in [2.45, 2.75) is 93.5 Å². The predicted octanol–water partition coefficient (Wildman–Crippen LogP) is 2.77. The second kappa shape index (κ2) is 30.3. The summed E-state index contributed by atoms with van der Waals surface area (Å²) < 4.78 is 0. The molecule has 0 aliphatic heterocycles. The van der Waals surface area contributed by atoms with Crippen LogP contribution in [0, 0.1) is 0 Å².